The summed E-state index contributed by atoms with van der Waals surface area (Å²) in [7, 11) is 1.66. The maximum atomic E-state index is 9.73. The van der Waals surface area contributed by atoms with E-state index < -0.39 is 0 Å². The second-order valence-corrected chi connectivity index (χ2v) is 14.4. The summed E-state index contributed by atoms with van der Waals surface area (Å²) in [4.78, 5) is 16.0. The van der Waals surface area contributed by atoms with Crippen LogP contribution < -0.4 is 14.8 Å². The topological polar surface area (TPSA) is 169 Å². The van der Waals surface area contributed by atoms with Gasteiger partial charge in [0.15, 0.2) is 0 Å². The normalized spacial score (nSPS) is 21.6. The Morgan fingerprint density at radius 1 is 0.909 bits per heavy atom. The number of hydrogen-bond donors (Lipinski definition) is 1. The molecule has 1 aliphatic carbocycles. The first-order chi connectivity index (χ1) is 27.1. The largest absolute Gasteiger partial charge is 0.487 e. The number of methoxy groups -OCH3 is 1. The van der Waals surface area contributed by atoms with Crippen molar-refractivity contribution in [3.05, 3.63) is 55.0 Å². The molecule has 5 heterocycles. The van der Waals surface area contributed by atoms with Crippen molar-refractivity contribution in [2.24, 2.45) is 0 Å². The van der Waals surface area contributed by atoms with Crippen LogP contribution in [-0.4, -0.2) is 124 Å². The van der Waals surface area contributed by atoms with E-state index in [9.17, 15) is 5.26 Å². The number of ether oxygens (including phenoxy) is 6. The van der Waals surface area contributed by atoms with Crippen molar-refractivity contribution in [1.29, 1.82) is 5.26 Å². The minimum Gasteiger partial charge on any atom is -0.487 e. The van der Waals surface area contributed by atoms with Crippen molar-refractivity contribution >= 4 is 11.6 Å². The fourth-order valence-electron chi connectivity index (χ4n) is 7.82. The lowest BCUT2D eigenvalue weighted by Gasteiger charge is -2.43. The van der Waals surface area contributed by atoms with E-state index in [1.807, 2.05) is 25.3 Å². The summed E-state index contributed by atoms with van der Waals surface area (Å²) in [6.07, 6.45) is 16.0. The molecule has 1 saturated carbocycles. The number of fused-ring (bicyclic) bond motifs is 2. The van der Waals surface area contributed by atoms with E-state index in [1.165, 1.54) is 19.2 Å². The monoisotopic (exact) mass is 756 g/mol. The first kappa shape index (κ1) is 38.6. The van der Waals surface area contributed by atoms with Crippen LogP contribution in [0.1, 0.15) is 63.5 Å². The number of anilines is 2. The molecule has 3 aliphatic rings. The van der Waals surface area contributed by atoms with Crippen LogP contribution in [0.2, 0.25) is 0 Å². The van der Waals surface area contributed by atoms with Gasteiger partial charge in [-0.2, -0.15) is 10.4 Å². The van der Waals surface area contributed by atoms with Gasteiger partial charge in [-0.1, -0.05) is 6.07 Å². The SMILES string of the molecule is COCCOCCOCCCOc1nn(C2CCC(N3[C@@H]4CC[C@H]3COC4)CC2)cc1Nc1ncc(-c2ccc(C#N)c(O[C@@H](C)Cn3cncn3)c2)cn1. The first-order valence-corrected chi connectivity index (χ1v) is 19.4. The molecule has 0 radical (unpaired) electrons. The average molecular weight is 757 g/mol. The molecule has 294 valence electrons. The molecule has 0 unspecified atom stereocenters. The van der Waals surface area contributed by atoms with E-state index in [0.717, 1.165) is 50.0 Å². The zero-order valence-electron chi connectivity index (χ0n) is 31.8. The van der Waals surface area contributed by atoms with Gasteiger partial charge in [0.05, 0.1) is 70.6 Å². The van der Waals surface area contributed by atoms with Crippen molar-refractivity contribution in [3.8, 4) is 28.8 Å². The average Bonchev–Trinajstić information content (AvgIpc) is 3.93. The molecule has 1 N–H and O–H groups in total. The quantitative estimate of drug-likeness (QED) is 0.122. The highest BCUT2D eigenvalue weighted by molar-refractivity contribution is 5.67. The maximum Gasteiger partial charge on any atom is 0.256 e. The molecular formula is C39H52N10O6. The standard InChI is InChI=1S/C39H52N10O6/c1-28(22-47-27-41-26-44-47)55-37-18-29(4-5-30(37)19-40)31-20-42-39(43-21-31)45-36-23-48(46-38(36)54-13-3-12-51-16-17-52-15-14-50-2)32-6-8-33(9-7-32)49-34-10-11-35(49)25-53-24-34/h4-5,18,20-21,23,26-28,32-35H,3,6-17,22,24-25H2,1-2H3,(H,42,43,45)/t28-,32?,33?,34-,35+/m0/s1. The van der Waals surface area contributed by atoms with E-state index in [4.69, 9.17) is 33.5 Å². The third-order valence-electron chi connectivity index (χ3n) is 10.5. The van der Waals surface area contributed by atoms with Crippen molar-refractivity contribution in [1.82, 2.24) is 39.4 Å². The van der Waals surface area contributed by atoms with Crippen LogP contribution in [0.25, 0.3) is 11.1 Å². The Morgan fingerprint density at radius 2 is 1.64 bits per heavy atom. The predicted molar refractivity (Wildman–Crippen MR) is 202 cm³/mol. The Balaban J connectivity index is 0.990. The third-order valence-corrected chi connectivity index (χ3v) is 10.5. The van der Waals surface area contributed by atoms with E-state index >= 15 is 0 Å². The van der Waals surface area contributed by atoms with Crippen LogP contribution in [0.3, 0.4) is 0 Å². The number of rotatable bonds is 20. The summed E-state index contributed by atoms with van der Waals surface area (Å²) >= 11 is 0. The Hall–Kier alpha value is -4.66. The number of nitriles is 1. The number of morpholine rings is 1. The fourth-order valence-corrected chi connectivity index (χ4v) is 7.82. The molecule has 7 rings (SSSR count). The number of aromatic nitrogens is 7. The summed E-state index contributed by atoms with van der Waals surface area (Å²) in [6, 6.07) is 9.72. The van der Waals surface area contributed by atoms with Crippen molar-refractivity contribution in [3.63, 3.8) is 0 Å². The number of benzene rings is 1. The number of nitrogens with zero attached hydrogens (tertiary/aromatic N) is 9. The van der Waals surface area contributed by atoms with Gasteiger partial charge in [0.2, 0.25) is 5.95 Å². The highest BCUT2D eigenvalue weighted by Crippen LogP contribution is 2.39. The molecule has 2 saturated heterocycles. The Kier molecular flexibility index (Phi) is 13.5. The molecule has 4 aromatic rings. The first-order valence-electron chi connectivity index (χ1n) is 19.4. The smallest absolute Gasteiger partial charge is 0.256 e. The van der Waals surface area contributed by atoms with Crippen molar-refractivity contribution in [2.75, 3.05) is 65.3 Å². The van der Waals surface area contributed by atoms with Crippen LogP contribution in [0, 0.1) is 11.3 Å². The second kappa shape index (κ2) is 19.3. The Bertz CT molecular complexity index is 1790. The van der Waals surface area contributed by atoms with Crippen LogP contribution >= 0.6 is 0 Å². The molecular weight excluding hydrogens is 704 g/mol. The third kappa shape index (κ3) is 10.2. The lowest BCUT2D eigenvalue weighted by atomic mass is 9.89. The molecule has 0 amide bonds. The molecule has 55 heavy (non-hydrogen) atoms. The summed E-state index contributed by atoms with van der Waals surface area (Å²) in [5.74, 6) is 1.41. The van der Waals surface area contributed by atoms with Crippen LogP contribution in [0.5, 0.6) is 11.6 Å². The van der Waals surface area contributed by atoms with E-state index in [1.54, 1.807) is 36.6 Å². The minimum atomic E-state index is -0.238. The number of nitrogens with one attached hydrogen (secondary N) is 1. The summed E-state index contributed by atoms with van der Waals surface area (Å²) in [5, 5.41) is 22.2. The number of hydrogen-bond acceptors (Lipinski definition) is 14. The molecule has 3 aromatic heterocycles. The highest BCUT2D eigenvalue weighted by atomic mass is 16.5. The molecule has 3 atom stereocenters. The molecule has 2 bridgehead atoms. The Labute approximate surface area is 322 Å². The van der Waals surface area contributed by atoms with Gasteiger partial charge in [-0.25, -0.2) is 19.6 Å². The zero-order chi connectivity index (χ0) is 37.8. The molecule has 16 heteroatoms. The van der Waals surface area contributed by atoms with Crippen LogP contribution in [0.4, 0.5) is 11.6 Å². The second-order valence-electron chi connectivity index (χ2n) is 14.4. The lowest BCUT2D eigenvalue weighted by molar-refractivity contribution is -0.0458. The van der Waals surface area contributed by atoms with Gasteiger partial charge in [-0.3, -0.25) is 9.58 Å². The molecule has 0 spiro atoms. The van der Waals surface area contributed by atoms with Gasteiger partial charge >= 0.3 is 0 Å². The van der Waals surface area contributed by atoms with Crippen LogP contribution in [-0.2, 0) is 25.5 Å². The summed E-state index contributed by atoms with van der Waals surface area (Å²) in [5.41, 5.74) is 2.77. The molecule has 1 aromatic carbocycles. The van der Waals surface area contributed by atoms with Gasteiger partial charge in [0, 0.05) is 56.2 Å². The van der Waals surface area contributed by atoms with E-state index in [-0.39, 0.29) is 12.1 Å². The molecule has 16 nitrogen and oxygen atoms in total. The molecule has 3 fully saturated rings. The van der Waals surface area contributed by atoms with Crippen molar-refractivity contribution < 1.29 is 28.4 Å². The fraction of sp³-hybridized carbons (Fsp3) is 0.590. The van der Waals surface area contributed by atoms with E-state index in [2.05, 4.69) is 41.0 Å². The van der Waals surface area contributed by atoms with Gasteiger partial charge in [-0.05, 0) is 63.1 Å². The maximum absolute atomic E-state index is 9.73. The van der Waals surface area contributed by atoms with E-state index in [0.29, 0.717) is 99.6 Å². The lowest BCUT2D eigenvalue weighted by Crippen LogP contribution is -2.52. The van der Waals surface area contributed by atoms with Gasteiger partial charge in [0.1, 0.15) is 36.3 Å². The van der Waals surface area contributed by atoms with Gasteiger partial charge in [0.25, 0.3) is 5.88 Å². The Morgan fingerprint density at radius 3 is 2.36 bits per heavy atom. The highest BCUT2D eigenvalue weighted by Gasteiger charge is 2.42. The zero-order valence-corrected chi connectivity index (χ0v) is 31.8. The summed E-state index contributed by atoms with van der Waals surface area (Å²) in [6.45, 7) is 7.34. The van der Waals surface area contributed by atoms with Crippen LogP contribution in [0.15, 0.2) is 49.4 Å². The minimum absolute atomic E-state index is 0.238. The predicted octanol–water partition coefficient (Wildman–Crippen LogP) is 4.81. The van der Waals surface area contributed by atoms with Crippen molar-refractivity contribution in [2.45, 2.75) is 88.7 Å². The van der Waals surface area contributed by atoms with Gasteiger partial charge in [-0.15, -0.1) is 5.10 Å². The summed E-state index contributed by atoms with van der Waals surface area (Å²) < 4.78 is 38.2. The molecule has 2 aliphatic heterocycles. The van der Waals surface area contributed by atoms with Gasteiger partial charge < -0.3 is 33.7 Å².